The standard InChI is InChI=1S/C65H114O6/c1-4-7-10-13-16-18-20-22-24-26-28-30-31-32-33-35-36-38-40-42-44-46-49-52-55-58-64(67)70-61-62(60-69-63(66)57-54-51-48-15-12-9-6-3)71-65(68)59-56-53-50-47-45-43-41-39-37-34-29-27-25-23-21-19-17-14-11-8-5-2/h8,11,17,19,23,25-26,28-29,34,39,41,62H,4-7,9-10,12-16,18,20-22,24,27,30-33,35-38,40,42-61H2,1-3H3/b11-8-,19-17-,25-23-,28-26-,34-29-,41-39-. The minimum atomic E-state index is -0.783. The van der Waals surface area contributed by atoms with Gasteiger partial charge in [-0.05, 0) is 89.9 Å². The van der Waals surface area contributed by atoms with E-state index in [2.05, 4.69) is 93.7 Å². The van der Waals surface area contributed by atoms with E-state index in [0.29, 0.717) is 19.3 Å². The van der Waals surface area contributed by atoms with Gasteiger partial charge in [0.15, 0.2) is 6.10 Å². The number of unbranched alkanes of at least 4 members (excludes halogenated alkanes) is 32. The van der Waals surface area contributed by atoms with Crippen LogP contribution in [0.25, 0.3) is 0 Å². The third-order valence-corrected chi connectivity index (χ3v) is 13.2. The number of ether oxygens (including phenoxy) is 3. The molecule has 0 aliphatic heterocycles. The Morgan fingerprint density at radius 2 is 0.549 bits per heavy atom. The molecule has 71 heavy (non-hydrogen) atoms. The maximum Gasteiger partial charge on any atom is 0.306 e. The molecule has 0 spiro atoms. The molecular formula is C65H114O6. The summed E-state index contributed by atoms with van der Waals surface area (Å²) in [6.07, 6.45) is 76.4. The molecule has 1 unspecified atom stereocenters. The Hall–Kier alpha value is -3.15. The van der Waals surface area contributed by atoms with Crippen molar-refractivity contribution in [2.45, 2.75) is 309 Å². The topological polar surface area (TPSA) is 78.9 Å². The van der Waals surface area contributed by atoms with E-state index in [0.717, 1.165) is 109 Å². The zero-order valence-corrected chi connectivity index (χ0v) is 47.0. The second kappa shape index (κ2) is 59.4. The fraction of sp³-hybridized carbons (Fsp3) is 0.769. The summed E-state index contributed by atoms with van der Waals surface area (Å²) in [4.78, 5) is 38.0. The van der Waals surface area contributed by atoms with E-state index in [-0.39, 0.29) is 31.1 Å². The molecule has 6 nitrogen and oxygen atoms in total. The van der Waals surface area contributed by atoms with Crippen molar-refractivity contribution in [2.24, 2.45) is 0 Å². The zero-order chi connectivity index (χ0) is 51.4. The lowest BCUT2D eigenvalue weighted by atomic mass is 10.0. The van der Waals surface area contributed by atoms with Gasteiger partial charge < -0.3 is 14.2 Å². The van der Waals surface area contributed by atoms with Gasteiger partial charge >= 0.3 is 17.9 Å². The molecule has 0 aliphatic rings. The molecule has 0 aliphatic carbocycles. The van der Waals surface area contributed by atoms with Crippen LogP contribution in [0.2, 0.25) is 0 Å². The zero-order valence-electron chi connectivity index (χ0n) is 47.0. The van der Waals surface area contributed by atoms with E-state index in [1.807, 2.05) is 0 Å². The molecule has 0 aromatic rings. The van der Waals surface area contributed by atoms with Gasteiger partial charge in [0.25, 0.3) is 0 Å². The predicted octanol–water partition coefficient (Wildman–Crippen LogP) is 20.5. The van der Waals surface area contributed by atoms with Gasteiger partial charge in [-0.2, -0.15) is 0 Å². The van der Waals surface area contributed by atoms with Crippen molar-refractivity contribution in [1.29, 1.82) is 0 Å². The molecule has 0 N–H and O–H groups in total. The fourth-order valence-electron chi connectivity index (χ4n) is 8.64. The highest BCUT2D eigenvalue weighted by atomic mass is 16.6. The summed E-state index contributed by atoms with van der Waals surface area (Å²) in [6.45, 7) is 6.49. The van der Waals surface area contributed by atoms with Crippen molar-refractivity contribution < 1.29 is 28.6 Å². The number of carbonyl (C=O) groups is 3. The minimum Gasteiger partial charge on any atom is -0.462 e. The van der Waals surface area contributed by atoms with Gasteiger partial charge in [0.1, 0.15) is 13.2 Å². The van der Waals surface area contributed by atoms with E-state index in [9.17, 15) is 14.4 Å². The number of hydrogen-bond donors (Lipinski definition) is 0. The molecular weight excluding hydrogens is 877 g/mol. The van der Waals surface area contributed by atoms with Gasteiger partial charge in [-0.1, -0.05) is 267 Å². The first-order valence-corrected chi connectivity index (χ1v) is 30.4. The van der Waals surface area contributed by atoms with E-state index >= 15 is 0 Å². The van der Waals surface area contributed by atoms with Gasteiger partial charge in [-0.25, -0.2) is 0 Å². The molecule has 6 heteroatoms. The Labute approximate surface area is 440 Å². The number of rotatable bonds is 55. The summed E-state index contributed by atoms with van der Waals surface area (Å²) in [5.41, 5.74) is 0. The van der Waals surface area contributed by atoms with Crippen molar-refractivity contribution in [1.82, 2.24) is 0 Å². The van der Waals surface area contributed by atoms with E-state index < -0.39 is 6.10 Å². The summed E-state index contributed by atoms with van der Waals surface area (Å²) in [6, 6.07) is 0. The summed E-state index contributed by atoms with van der Waals surface area (Å²) in [5.74, 6) is -0.898. The number of allylic oxidation sites excluding steroid dienone is 12. The molecule has 0 radical (unpaired) electrons. The Morgan fingerprint density at radius 3 is 0.873 bits per heavy atom. The summed E-state index contributed by atoms with van der Waals surface area (Å²) < 4.78 is 16.8. The van der Waals surface area contributed by atoms with Crippen LogP contribution in [0.4, 0.5) is 0 Å². The van der Waals surface area contributed by atoms with Crippen LogP contribution in [0.5, 0.6) is 0 Å². The van der Waals surface area contributed by atoms with E-state index in [1.165, 1.54) is 154 Å². The highest BCUT2D eigenvalue weighted by molar-refractivity contribution is 5.71. The van der Waals surface area contributed by atoms with Gasteiger partial charge in [-0.3, -0.25) is 14.4 Å². The van der Waals surface area contributed by atoms with Crippen LogP contribution in [0, 0.1) is 0 Å². The molecule has 0 rings (SSSR count). The van der Waals surface area contributed by atoms with Gasteiger partial charge in [0, 0.05) is 19.3 Å². The van der Waals surface area contributed by atoms with Crippen LogP contribution in [-0.4, -0.2) is 37.2 Å². The highest BCUT2D eigenvalue weighted by Crippen LogP contribution is 2.16. The molecule has 0 heterocycles. The molecule has 0 bridgehead atoms. The smallest absolute Gasteiger partial charge is 0.306 e. The Kier molecular flexibility index (Phi) is 56.8. The second-order valence-electron chi connectivity index (χ2n) is 20.2. The molecule has 0 saturated carbocycles. The van der Waals surface area contributed by atoms with Crippen LogP contribution in [0.1, 0.15) is 303 Å². The molecule has 0 amide bonds. The molecule has 0 fully saturated rings. The first-order chi connectivity index (χ1) is 35.0. The fourth-order valence-corrected chi connectivity index (χ4v) is 8.64. The Bertz CT molecular complexity index is 1320. The second-order valence-corrected chi connectivity index (χ2v) is 20.2. The van der Waals surface area contributed by atoms with Crippen LogP contribution >= 0.6 is 0 Å². The summed E-state index contributed by atoms with van der Waals surface area (Å²) in [7, 11) is 0. The number of hydrogen-bond acceptors (Lipinski definition) is 6. The van der Waals surface area contributed by atoms with Crippen molar-refractivity contribution in [3.8, 4) is 0 Å². The van der Waals surface area contributed by atoms with Crippen molar-refractivity contribution >= 4 is 17.9 Å². The highest BCUT2D eigenvalue weighted by Gasteiger charge is 2.19. The monoisotopic (exact) mass is 991 g/mol. The molecule has 0 aromatic heterocycles. The average Bonchev–Trinajstić information content (AvgIpc) is 3.37. The van der Waals surface area contributed by atoms with Gasteiger partial charge in [0.05, 0.1) is 0 Å². The van der Waals surface area contributed by atoms with E-state index in [4.69, 9.17) is 14.2 Å². The lowest BCUT2D eigenvalue weighted by Gasteiger charge is -2.18. The number of carbonyl (C=O) groups excluding carboxylic acids is 3. The quantitative estimate of drug-likeness (QED) is 0.0261. The maximum absolute atomic E-state index is 12.8. The summed E-state index contributed by atoms with van der Waals surface area (Å²) in [5, 5.41) is 0. The lowest BCUT2D eigenvalue weighted by molar-refractivity contribution is -0.167. The SMILES string of the molecule is CC/C=C\C/C=C\C/C=C\C/C=C\C/C=C\CCCCCCCC(=O)OC(COC(=O)CCCCCCCCC)COC(=O)CCCCCCCCCCCCCCC/C=C\CCCCCCCCCC. The van der Waals surface area contributed by atoms with E-state index in [1.54, 1.807) is 0 Å². The predicted molar refractivity (Wildman–Crippen MR) is 307 cm³/mol. The lowest BCUT2D eigenvalue weighted by Crippen LogP contribution is -2.30. The first kappa shape index (κ1) is 67.8. The minimum absolute atomic E-state index is 0.0815. The molecule has 1 atom stereocenters. The van der Waals surface area contributed by atoms with Gasteiger partial charge in [-0.15, -0.1) is 0 Å². The van der Waals surface area contributed by atoms with Gasteiger partial charge in [0.2, 0.25) is 0 Å². The first-order valence-electron chi connectivity index (χ1n) is 30.4. The molecule has 410 valence electrons. The average molecular weight is 992 g/mol. The Balaban J connectivity index is 4.17. The van der Waals surface area contributed by atoms with Crippen molar-refractivity contribution in [3.63, 3.8) is 0 Å². The normalized spacial score (nSPS) is 12.5. The number of esters is 3. The third kappa shape index (κ3) is 57.6. The van der Waals surface area contributed by atoms with Crippen molar-refractivity contribution in [3.05, 3.63) is 72.9 Å². The largest absolute Gasteiger partial charge is 0.462 e. The van der Waals surface area contributed by atoms with Crippen LogP contribution in [0.15, 0.2) is 72.9 Å². The van der Waals surface area contributed by atoms with Crippen molar-refractivity contribution in [2.75, 3.05) is 13.2 Å². The van der Waals surface area contributed by atoms with Crippen LogP contribution < -0.4 is 0 Å². The Morgan fingerprint density at radius 1 is 0.296 bits per heavy atom. The maximum atomic E-state index is 12.8. The molecule has 0 aromatic carbocycles. The summed E-state index contributed by atoms with van der Waals surface area (Å²) >= 11 is 0. The third-order valence-electron chi connectivity index (χ3n) is 13.2. The molecule has 0 saturated heterocycles. The van der Waals surface area contributed by atoms with Crippen LogP contribution in [0.3, 0.4) is 0 Å². The van der Waals surface area contributed by atoms with Crippen LogP contribution in [-0.2, 0) is 28.6 Å².